The van der Waals surface area contributed by atoms with Crippen molar-refractivity contribution in [3.8, 4) is 0 Å². The van der Waals surface area contributed by atoms with E-state index in [0.717, 1.165) is 22.3 Å². The molecule has 0 atom stereocenters. The van der Waals surface area contributed by atoms with Crippen molar-refractivity contribution in [2.75, 3.05) is 17.7 Å². The zero-order valence-electron chi connectivity index (χ0n) is 11.2. The summed E-state index contributed by atoms with van der Waals surface area (Å²) in [5.41, 5.74) is 7.91. The molecule has 2 aromatic rings. The lowest BCUT2D eigenvalue weighted by molar-refractivity contribution is 0.0698. The molecule has 106 valence electrons. The molecule has 0 saturated carbocycles. The Morgan fingerprint density at radius 3 is 2.70 bits per heavy atom. The van der Waals surface area contributed by atoms with E-state index in [-0.39, 0.29) is 5.56 Å². The van der Waals surface area contributed by atoms with Gasteiger partial charge in [0.15, 0.2) is 0 Å². The Labute approximate surface area is 130 Å². The topological polar surface area (TPSA) is 66.6 Å². The van der Waals surface area contributed by atoms with Gasteiger partial charge in [0.2, 0.25) is 0 Å². The van der Waals surface area contributed by atoms with Gasteiger partial charge in [-0.05, 0) is 46.6 Å². The van der Waals surface area contributed by atoms with Gasteiger partial charge in [-0.25, -0.2) is 4.79 Å². The second-order valence-electron chi connectivity index (χ2n) is 4.62. The number of nitrogens with two attached hydrogens (primary N) is 1. The van der Waals surface area contributed by atoms with Gasteiger partial charge in [-0.2, -0.15) is 0 Å². The lowest BCUT2D eigenvalue weighted by atomic mass is 10.1. The number of halogens is 1. The summed E-state index contributed by atoms with van der Waals surface area (Å²) < 4.78 is 1.06. The van der Waals surface area contributed by atoms with E-state index in [9.17, 15) is 9.90 Å². The molecule has 1 aromatic carbocycles. The third-order valence-electron chi connectivity index (χ3n) is 3.06. The lowest BCUT2D eigenvalue weighted by Gasteiger charge is -2.20. The van der Waals surface area contributed by atoms with Crippen molar-refractivity contribution in [1.82, 2.24) is 0 Å². The summed E-state index contributed by atoms with van der Waals surface area (Å²) in [6, 6.07) is 5.58. The number of carboxylic acids is 1. The van der Waals surface area contributed by atoms with Crippen LogP contribution in [0.1, 0.15) is 20.8 Å². The monoisotopic (exact) mass is 354 g/mol. The molecule has 0 unspecified atom stereocenters. The zero-order valence-corrected chi connectivity index (χ0v) is 13.6. The van der Waals surface area contributed by atoms with Gasteiger partial charge in [0, 0.05) is 33.2 Å². The number of carboxylic acid groups (broad SMARTS) is 1. The fourth-order valence-corrected chi connectivity index (χ4v) is 3.44. The summed E-state index contributed by atoms with van der Waals surface area (Å²) in [5, 5.41) is 11.2. The highest BCUT2D eigenvalue weighted by atomic mass is 79.9. The molecule has 1 heterocycles. The molecular weight excluding hydrogens is 340 g/mol. The molecule has 2 rings (SSSR count). The van der Waals surface area contributed by atoms with Crippen LogP contribution < -0.4 is 10.6 Å². The molecule has 6 heteroatoms. The van der Waals surface area contributed by atoms with Gasteiger partial charge in [0.1, 0.15) is 0 Å². The van der Waals surface area contributed by atoms with Crippen molar-refractivity contribution >= 4 is 44.6 Å². The molecule has 1 aromatic heterocycles. The van der Waals surface area contributed by atoms with Crippen molar-refractivity contribution in [3.05, 3.63) is 44.1 Å². The van der Waals surface area contributed by atoms with Gasteiger partial charge < -0.3 is 15.7 Å². The molecule has 0 amide bonds. The molecule has 4 nitrogen and oxygen atoms in total. The Morgan fingerprint density at radius 2 is 2.15 bits per heavy atom. The summed E-state index contributed by atoms with van der Waals surface area (Å²) >= 11 is 5.09. The van der Waals surface area contributed by atoms with Gasteiger partial charge >= 0.3 is 5.97 Å². The van der Waals surface area contributed by atoms with Crippen LogP contribution in [0.2, 0.25) is 0 Å². The molecule has 0 spiro atoms. The number of thiophene rings is 1. The largest absolute Gasteiger partial charge is 0.478 e. The second kappa shape index (κ2) is 5.85. The van der Waals surface area contributed by atoms with Crippen LogP contribution in [0, 0.1) is 6.92 Å². The van der Waals surface area contributed by atoms with Crippen molar-refractivity contribution in [2.45, 2.75) is 13.5 Å². The highest BCUT2D eigenvalue weighted by Gasteiger charge is 2.14. The number of hydrogen-bond donors (Lipinski definition) is 2. The van der Waals surface area contributed by atoms with E-state index in [4.69, 9.17) is 5.73 Å². The molecule has 0 aliphatic heterocycles. The van der Waals surface area contributed by atoms with Crippen LogP contribution in [0.3, 0.4) is 0 Å². The average molecular weight is 355 g/mol. The number of aromatic carboxylic acids is 1. The fraction of sp³-hybridized carbons (Fsp3) is 0.214. The van der Waals surface area contributed by atoms with Crippen LogP contribution in [-0.4, -0.2) is 18.1 Å². The smallest absolute Gasteiger partial charge is 0.337 e. The second-order valence-corrected chi connectivity index (χ2v) is 6.53. The van der Waals surface area contributed by atoms with Crippen LogP contribution in [0.5, 0.6) is 0 Å². The minimum Gasteiger partial charge on any atom is -0.478 e. The van der Waals surface area contributed by atoms with Gasteiger partial charge in [0.05, 0.1) is 12.1 Å². The predicted molar refractivity (Wildman–Crippen MR) is 86.7 cm³/mol. The number of carbonyl (C=O) groups is 1. The van der Waals surface area contributed by atoms with E-state index < -0.39 is 5.97 Å². The van der Waals surface area contributed by atoms with Gasteiger partial charge in [-0.1, -0.05) is 0 Å². The summed E-state index contributed by atoms with van der Waals surface area (Å²) in [4.78, 5) is 14.4. The summed E-state index contributed by atoms with van der Waals surface area (Å²) in [6.45, 7) is 2.54. The first-order chi connectivity index (χ1) is 9.38. The number of benzene rings is 1. The van der Waals surface area contributed by atoms with E-state index in [2.05, 4.69) is 22.0 Å². The van der Waals surface area contributed by atoms with Crippen LogP contribution >= 0.6 is 27.3 Å². The van der Waals surface area contributed by atoms with E-state index in [1.165, 1.54) is 4.88 Å². The maximum atomic E-state index is 11.2. The standard InChI is InChI=1S/C14H15BrN2O2S/c1-8-3-10(5-12(13(8)16)14(18)19)17(2)6-11-4-9(15)7-20-11/h3-5,7H,6,16H2,1-2H3,(H,18,19). The van der Waals surface area contributed by atoms with E-state index in [1.54, 1.807) is 17.4 Å². The first-order valence-corrected chi connectivity index (χ1v) is 7.63. The van der Waals surface area contributed by atoms with Gasteiger partial charge in [0.25, 0.3) is 0 Å². The number of anilines is 2. The third-order valence-corrected chi connectivity index (χ3v) is 4.74. The van der Waals surface area contributed by atoms with Crippen molar-refractivity contribution in [1.29, 1.82) is 0 Å². The lowest BCUT2D eigenvalue weighted by Crippen LogP contribution is -2.17. The predicted octanol–water partition coefficient (Wildman–Crippen LogP) is 3.74. The minimum atomic E-state index is -1.00. The first kappa shape index (κ1) is 14.9. The van der Waals surface area contributed by atoms with Crippen LogP contribution in [0.15, 0.2) is 28.1 Å². The SMILES string of the molecule is Cc1cc(N(C)Cc2cc(Br)cs2)cc(C(=O)O)c1N. The van der Waals surface area contributed by atoms with E-state index >= 15 is 0 Å². The van der Waals surface area contributed by atoms with Gasteiger partial charge in [-0.3, -0.25) is 0 Å². The van der Waals surface area contributed by atoms with Crippen LogP contribution in [-0.2, 0) is 6.54 Å². The van der Waals surface area contributed by atoms with E-state index in [1.807, 2.05) is 30.3 Å². The number of nitrogen functional groups attached to an aromatic ring is 1. The van der Waals surface area contributed by atoms with E-state index in [0.29, 0.717) is 5.69 Å². The Bertz CT molecular complexity index is 655. The Kier molecular flexibility index (Phi) is 4.35. The number of nitrogens with zero attached hydrogens (tertiary/aromatic N) is 1. The van der Waals surface area contributed by atoms with Crippen molar-refractivity contribution < 1.29 is 9.90 Å². The van der Waals surface area contributed by atoms with Crippen LogP contribution in [0.25, 0.3) is 0 Å². The normalized spacial score (nSPS) is 10.6. The molecule has 20 heavy (non-hydrogen) atoms. The maximum absolute atomic E-state index is 11.2. The highest BCUT2D eigenvalue weighted by Crippen LogP contribution is 2.27. The Morgan fingerprint density at radius 1 is 1.45 bits per heavy atom. The summed E-state index contributed by atoms with van der Waals surface area (Å²) in [5.74, 6) is -1.00. The molecule has 0 bridgehead atoms. The Balaban J connectivity index is 2.30. The highest BCUT2D eigenvalue weighted by molar-refractivity contribution is 9.10. The molecule has 0 radical (unpaired) electrons. The third kappa shape index (κ3) is 3.13. The minimum absolute atomic E-state index is 0.152. The zero-order chi connectivity index (χ0) is 14.9. The summed E-state index contributed by atoms with van der Waals surface area (Å²) in [6.07, 6.45) is 0. The maximum Gasteiger partial charge on any atom is 0.337 e. The molecule has 0 aliphatic rings. The number of aryl methyl sites for hydroxylation is 1. The molecule has 0 fully saturated rings. The first-order valence-electron chi connectivity index (χ1n) is 5.96. The molecule has 0 saturated heterocycles. The van der Waals surface area contributed by atoms with Crippen LogP contribution in [0.4, 0.5) is 11.4 Å². The Hall–Kier alpha value is -1.53. The van der Waals surface area contributed by atoms with Crippen molar-refractivity contribution in [3.63, 3.8) is 0 Å². The quantitative estimate of drug-likeness (QED) is 0.820. The number of hydrogen-bond acceptors (Lipinski definition) is 4. The average Bonchev–Trinajstić information content (AvgIpc) is 2.77. The molecule has 0 aliphatic carbocycles. The number of rotatable bonds is 4. The fourth-order valence-electron chi connectivity index (χ4n) is 1.94. The molecular formula is C14H15BrN2O2S. The van der Waals surface area contributed by atoms with Crippen molar-refractivity contribution in [2.24, 2.45) is 0 Å². The molecule has 3 N–H and O–H groups in total. The summed E-state index contributed by atoms with van der Waals surface area (Å²) in [7, 11) is 1.93. The van der Waals surface area contributed by atoms with Gasteiger partial charge in [-0.15, -0.1) is 11.3 Å².